The van der Waals surface area contributed by atoms with E-state index in [1.54, 1.807) is 34.2 Å². The zero-order valence-electron chi connectivity index (χ0n) is 17.0. The largest absolute Gasteiger partial charge is 0.361 e. The first-order valence-electron chi connectivity index (χ1n) is 10.1. The summed E-state index contributed by atoms with van der Waals surface area (Å²) in [5.41, 5.74) is 2.52. The van der Waals surface area contributed by atoms with E-state index >= 15 is 0 Å². The maximum atomic E-state index is 13.1. The Balaban J connectivity index is 1.47. The smallest absolute Gasteiger partial charge is 0.247 e. The lowest BCUT2D eigenvalue weighted by molar-refractivity contribution is -0.149. The van der Waals surface area contributed by atoms with Crippen LogP contribution in [0.15, 0.2) is 52.8 Å². The number of pyridine rings is 1. The number of hydrogen-bond acceptors (Lipinski definition) is 4. The molecule has 0 radical (unpaired) electrons. The molecule has 0 saturated carbocycles. The van der Waals surface area contributed by atoms with Crippen LogP contribution in [-0.2, 0) is 16.1 Å². The van der Waals surface area contributed by atoms with Crippen molar-refractivity contribution in [2.45, 2.75) is 25.9 Å². The number of aromatic amines is 1. The van der Waals surface area contributed by atoms with Crippen LogP contribution in [0.1, 0.15) is 24.5 Å². The molecule has 0 aliphatic carbocycles. The summed E-state index contributed by atoms with van der Waals surface area (Å²) in [5.74, 6) is -0.235. The molecule has 0 unspecified atom stereocenters. The number of nitrogens with one attached hydrogen (secondary N) is 1. The van der Waals surface area contributed by atoms with E-state index in [2.05, 4.69) is 4.98 Å². The van der Waals surface area contributed by atoms with Crippen molar-refractivity contribution in [1.82, 2.24) is 14.8 Å². The Morgan fingerprint density at radius 1 is 1.26 bits per heavy atom. The van der Waals surface area contributed by atoms with Gasteiger partial charge in [0.15, 0.2) is 5.43 Å². The second-order valence-corrected chi connectivity index (χ2v) is 9.00. The monoisotopic (exact) mass is 455 g/mol. The van der Waals surface area contributed by atoms with Crippen LogP contribution in [-0.4, -0.2) is 45.7 Å². The van der Waals surface area contributed by atoms with E-state index in [4.69, 9.17) is 11.6 Å². The molecule has 1 aliphatic heterocycles. The number of piperazine rings is 1. The summed E-state index contributed by atoms with van der Waals surface area (Å²) in [6.45, 7) is 3.29. The molecule has 1 N–H and O–H groups in total. The SMILES string of the molecule is CC[C@H]1C(=O)N(Cc2ccc3c(=O)cc[nH]c3c2)CCN1C(=O)C=Cc1csc(Cl)c1. The predicted octanol–water partition coefficient (Wildman–Crippen LogP) is 3.91. The number of halogens is 1. The van der Waals surface area contributed by atoms with Gasteiger partial charge in [-0.1, -0.05) is 24.6 Å². The molecule has 8 heteroatoms. The minimum absolute atomic E-state index is 0.0349. The fourth-order valence-corrected chi connectivity index (χ4v) is 4.73. The molecule has 160 valence electrons. The van der Waals surface area contributed by atoms with Crippen LogP contribution < -0.4 is 5.43 Å². The van der Waals surface area contributed by atoms with Crippen molar-refractivity contribution in [3.63, 3.8) is 0 Å². The van der Waals surface area contributed by atoms with Crippen LogP contribution in [0, 0.1) is 0 Å². The first-order valence-corrected chi connectivity index (χ1v) is 11.3. The molecular formula is C23H22ClN3O3S. The second-order valence-electron chi connectivity index (χ2n) is 7.45. The van der Waals surface area contributed by atoms with Crippen LogP contribution in [0.5, 0.6) is 0 Å². The number of thiophene rings is 1. The van der Waals surface area contributed by atoms with E-state index < -0.39 is 6.04 Å². The first kappa shape index (κ1) is 21.3. The lowest BCUT2D eigenvalue weighted by atomic mass is 10.1. The van der Waals surface area contributed by atoms with Crippen molar-refractivity contribution in [3.8, 4) is 0 Å². The summed E-state index contributed by atoms with van der Waals surface area (Å²) in [5, 5.41) is 2.50. The molecule has 2 aromatic heterocycles. The number of carbonyl (C=O) groups excluding carboxylic acids is 2. The van der Waals surface area contributed by atoms with Crippen molar-refractivity contribution in [2.24, 2.45) is 0 Å². The number of benzene rings is 1. The fraction of sp³-hybridized carbons (Fsp3) is 0.261. The van der Waals surface area contributed by atoms with Gasteiger partial charge in [0.1, 0.15) is 6.04 Å². The highest BCUT2D eigenvalue weighted by Crippen LogP contribution is 2.22. The molecule has 0 bridgehead atoms. The third-order valence-electron chi connectivity index (χ3n) is 5.46. The van der Waals surface area contributed by atoms with E-state index in [-0.39, 0.29) is 17.2 Å². The topological polar surface area (TPSA) is 73.5 Å². The lowest BCUT2D eigenvalue weighted by Gasteiger charge is -2.40. The van der Waals surface area contributed by atoms with Crippen LogP contribution in [0.3, 0.4) is 0 Å². The highest BCUT2D eigenvalue weighted by molar-refractivity contribution is 7.14. The Labute approximate surface area is 188 Å². The molecule has 4 rings (SSSR count). The molecule has 1 atom stereocenters. The number of fused-ring (bicyclic) bond motifs is 1. The number of hydrogen-bond donors (Lipinski definition) is 1. The fourth-order valence-electron chi connectivity index (χ4n) is 3.87. The van der Waals surface area contributed by atoms with Gasteiger partial charge in [0.25, 0.3) is 0 Å². The van der Waals surface area contributed by atoms with E-state index in [0.717, 1.165) is 16.6 Å². The first-order chi connectivity index (χ1) is 15.0. The predicted molar refractivity (Wildman–Crippen MR) is 124 cm³/mol. The lowest BCUT2D eigenvalue weighted by Crippen LogP contribution is -2.57. The third kappa shape index (κ3) is 4.57. The van der Waals surface area contributed by atoms with Gasteiger partial charge in [0, 0.05) is 48.9 Å². The Hall–Kier alpha value is -2.90. The van der Waals surface area contributed by atoms with E-state index in [1.165, 1.54) is 23.5 Å². The minimum Gasteiger partial charge on any atom is -0.361 e. The van der Waals surface area contributed by atoms with Crippen LogP contribution in [0.25, 0.3) is 17.0 Å². The highest BCUT2D eigenvalue weighted by Gasteiger charge is 2.35. The van der Waals surface area contributed by atoms with Gasteiger partial charge < -0.3 is 14.8 Å². The molecular weight excluding hydrogens is 434 g/mol. The molecule has 3 heterocycles. The summed E-state index contributed by atoms with van der Waals surface area (Å²) in [6, 6.07) is 8.36. The molecule has 2 amide bonds. The standard InChI is InChI=1S/C23H22ClN3O3S/c1-2-19-23(30)26(13-15-3-5-17-18(11-15)25-8-7-20(17)28)9-10-27(19)22(29)6-4-16-12-21(24)31-14-16/h3-8,11-12,14,19H,2,9-10,13H2,1H3,(H,25,28)/t19-/m0/s1. The molecule has 1 aliphatic rings. The van der Waals surface area contributed by atoms with E-state index in [1.807, 2.05) is 24.4 Å². The number of amides is 2. The van der Waals surface area contributed by atoms with Gasteiger partial charge in [0.2, 0.25) is 11.8 Å². The van der Waals surface area contributed by atoms with Crippen LogP contribution in [0.2, 0.25) is 4.34 Å². The minimum atomic E-state index is -0.489. The van der Waals surface area contributed by atoms with Crippen molar-refractivity contribution in [2.75, 3.05) is 13.1 Å². The summed E-state index contributed by atoms with van der Waals surface area (Å²) < 4.78 is 0.667. The highest BCUT2D eigenvalue weighted by atomic mass is 35.5. The Bertz CT molecular complexity index is 1220. The third-order valence-corrected chi connectivity index (χ3v) is 6.57. The molecule has 3 aromatic rings. The maximum Gasteiger partial charge on any atom is 0.247 e. The quantitative estimate of drug-likeness (QED) is 0.593. The Kier molecular flexibility index (Phi) is 6.25. The number of aromatic nitrogens is 1. The van der Waals surface area contributed by atoms with Gasteiger partial charge in [0.05, 0.1) is 4.34 Å². The van der Waals surface area contributed by atoms with Crippen molar-refractivity contribution < 1.29 is 9.59 Å². The molecule has 6 nitrogen and oxygen atoms in total. The van der Waals surface area contributed by atoms with E-state index in [9.17, 15) is 14.4 Å². The number of nitrogens with zero attached hydrogens (tertiary/aromatic N) is 2. The van der Waals surface area contributed by atoms with E-state index in [0.29, 0.717) is 35.8 Å². The average molecular weight is 456 g/mol. The number of carbonyl (C=O) groups is 2. The molecule has 1 aromatic carbocycles. The van der Waals surface area contributed by atoms with Crippen molar-refractivity contribution in [3.05, 3.63) is 73.7 Å². The zero-order chi connectivity index (χ0) is 22.0. The van der Waals surface area contributed by atoms with Gasteiger partial charge in [-0.3, -0.25) is 14.4 Å². The number of H-pyrrole nitrogens is 1. The maximum absolute atomic E-state index is 13.1. The van der Waals surface area contributed by atoms with Crippen LogP contribution >= 0.6 is 22.9 Å². The van der Waals surface area contributed by atoms with Gasteiger partial charge in [-0.05, 0) is 47.2 Å². The van der Waals surface area contributed by atoms with Gasteiger partial charge in [-0.15, -0.1) is 11.3 Å². The molecule has 0 spiro atoms. The zero-order valence-corrected chi connectivity index (χ0v) is 18.6. The second kappa shape index (κ2) is 9.08. The van der Waals surface area contributed by atoms with Crippen molar-refractivity contribution >= 4 is 51.7 Å². The molecule has 31 heavy (non-hydrogen) atoms. The summed E-state index contributed by atoms with van der Waals surface area (Å²) in [6.07, 6.45) is 5.40. The Morgan fingerprint density at radius 3 is 2.84 bits per heavy atom. The van der Waals surface area contributed by atoms with Crippen molar-refractivity contribution in [1.29, 1.82) is 0 Å². The summed E-state index contributed by atoms with van der Waals surface area (Å²) in [4.78, 5) is 44.3. The Morgan fingerprint density at radius 2 is 2.10 bits per heavy atom. The molecule has 1 fully saturated rings. The average Bonchev–Trinajstić information content (AvgIpc) is 3.18. The van der Waals surface area contributed by atoms with Gasteiger partial charge in [-0.2, -0.15) is 0 Å². The molecule has 1 saturated heterocycles. The van der Waals surface area contributed by atoms with Gasteiger partial charge in [-0.25, -0.2) is 0 Å². The summed E-state index contributed by atoms with van der Waals surface area (Å²) in [7, 11) is 0. The summed E-state index contributed by atoms with van der Waals surface area (Å²) >= 11 is 7.34. The van der Waals surface area contributed by atoms with Crippen LogP contribution in [0.4, 0.5) is 0 Å². The number of rotatable bonds is 5. The normalized spacial score (nSPS) is 17.1. The van der Waals surface area contributed by atoms with Gasteiger partial charge >= 0.3 is 0 Å².